The van der Waals surface area contributed by atoms with E-state index in [4.69, 9.17) is 4.74 Å². The van der Waals surface area contributed by atoms with Crippen LogP contribution in [0.4, 0.5) is 0 Å². The van der Waals surface area contributed by atoms with Crippen molar-refractivity contribution in [2.75, 3.05) is 14.2 Å². The molecule has 0 bridgehead atoms. The minimum absolute atomic E-state index is 0.298. The number of allylic oxidation sites excluding steroid dienone is 1. The minimum atomic E-state index is -0.298. The highest BCUT2D eigenvalue weighted by Gasteiger charge is 2.08. The van der Waals surface area contributed by atoms with Crippen molar-refractivity contribution in [3.05, 3.63) is 35.4 Å². The average molecular weight is 220 g/mol. The van der Waals surface area contributed by atoms with Crippen LogP contribution in [0.25, 0.3) is 5.57 Å². The zero-order valence-electron chi connectivity index (χ0n) is 10.0. The summed E-state index contributed by atoms with van der Waals surface area (Å²) in [6, 6.07) is 7.56. The lowest BCUT2D eigenvalue weighted by molar-refractivity contribution is -0.135. The van der Waals surface area contributed by atoms with Gasteiger partial charge in [-0.1, -0.05) is 12.1 Å². The van der Waals surface area contributed by atoms with Gasteiger partial charge >= 0.3 is 5.97 Å². The highest BCUT2D eigenvalue weighted by atomic mass is 16.5. The molecule has 0 saturated carbocycles. The Bertz CT molecular complexity index is 402. The van der Waals surface area contributed by atoms with Gasteiger partial charge < -0.3 is 9.47 Å². The van der Waals surface area contributed by atoms with Gasteiger partial charge in [-0.25, -0.2) is 4.79 Å². The number of carbonyl (C=O) groups is 1. The molecule has 3 heteroatoms. The van der Waals surface area contributed by atoms with Gasteiger partial charge in [-0.05, 0) is 37.1 Å². The van der Waals surface area contributed by atoms with Gasteiger partial charge in [0.1, 0.15) is 5.75 Å². The maximum atomic E-state index is 11.3. The maximum absolute atomic E-state index is 11.3. The van der Waals surface area contributed by atoms with E-state index >= 15 is 0 Å². The largest absolute Gasteiger partial charge is 0.497 e. The van der Waals surface area contributed by atoms with E-state index in [9.17, 15) is 4.79 Å². The van der Waals surface area contributed by atoms with Crippen LogP contribution < -0.4 is 4.74 Å². The van der Waals surface area contributed by atoms with Crippen molar-refractivity contribution in [2.45, 2.75) is 13.8 Å². The zero-order chi connectivity index (χ0) is 12.1. The first-order valence-electron chi connectivity index (χ1n) is 5.00. The second kappa shape index (κ2) is 5.35. The van der Waals surface area contributed by atoms with Crippen LogP contribution in [0.2, 0.25) is 0 Å². The first-order chi connectivity index (χ1) is 7.60. The van der Waals surface area contributed by atoms with Gasteiger partial charge in [0.25, 0.3) is 0 Å². The van der Waals surface area contributed by atoms with Gasteiger partial charge in [0, 0.05) is 5.57 Å². The Morgan fingerprint density at radius 1 is 1.06 bits per heavy atom. The fourth-order valence-corrected chi connectivity index (χ4v) is 1.36. The van der Waals surface area contributed by atoms with E-state index in [-0.39, 0.29) is 5.97 Å². The van der Waals surface area contributed by atoms with Crippen LogP contribution in [0.5, 0.6) is 5.75 Å². The van der Waals surface area contributed by atoms with Gasteiger partial charge in [-0.3, -0.25) is 0 Å². The van der Waals surface area contributed by atoms with Gasteiger partial charge in [0.2, 0.25) is 0 Å². The van der Waals surface area contributed by atoms with Crippen molar-refractivity contribution < 1.29 is 14.3 Å². The van der Waals surface area contributed by atoms with Gasteiger partial charge in [0.05, 0.1) is 14.2 Å². The van der Waals surface area contributed by atoms with Crippen LogP contribution in [0.3, 0.4) is 0 Å². The molecule has 1 rings (SSSR count). The fraction of sp³-hybridized carbons (Fsp3) is 0.308. The molecular weight excluding hydrogens is 204 g/mol. The maximum Gasteiger partial charge on any atom is 0.333 e. The molecule has 0 fully saturated rings. The number of esters is 1. The molecule has 3 nitrogen and oxygen atoms in total. The molecule has 0 aliphatic heterocycles. The van der Waals surface area contributed by atoms with E-state index in [2.05, 4.69) is 4.74 Å². The molecule has 0 atom stereocenters. The van der Waals surface area contributed by atoms with Crippen molar-refractivity contribution >= 4 is 11.5 Å². The van der Waals surface area contributed by atoms with Crippen LogP contribution in [0.1, 0.15) is 19.4 Å². The lowest BCUT2D eigenvalue weighted by atomic mass is 10.0. The summed E-state index contributed by atoms with van der Waals surface area (Å²) in [5.41, 5.74) is 2.52. The van der Waals surface area contributed by atoms with E-state index in [0.717, 1.165) is 16.9 Å². The van der Waals surface area contributed by atoms with E-state index in [1.54, 1.807) is 14.0 Å². The van der Waals surface area contributed by atoms with E-state index < -0.39 is 0 Å². The molecule has 0 heterocycles. The Hall–Kier alpha value is -1.77. The number of carbonyl (C=O) groups excluding carboxylic acids is 1. The minimum Gasteiger partial charge on any atom is -0.497 e. The molecule has 0 spiro atoms. The molecule has 0 unspecified atom stereocenters. The summed E-state index contributed by atoms with van der Waals surface area (Å²) in [6.07, 6.45) is 0. The van der Waals surface area contributed by atoms with E-state index in [1.165, 1.54) is 7.11 Å². The lowest BCUT2D eigenvalue weighted by Gasteiger charge is -2.07. The smallest absolute Gasteiger partial charge is 0.333 e. The molecule has 0 aromatic heterocycles. The van der Waals surface area contributed by atoms with E-state index in [0.29, 0.717) is 5.57 Å². The molecule has 1 aromatic carbocycles. The highest BCUT2D eigenvalue weighted by Crippen LogP contribution is 2.21. The molecule has 16 heavy (non-hydrogen) atoms. The summed E-state index contributed by atoms with van der Waals surface area (Å²) in [5, 5.41) is 0. The number of rotatable bonds is 3. The summed E-state index contributed by atoms with van der Waals surface area (Å²) in [5.74, 6) is 0.501. The standard InChI is InChI=1S/C13H16O3/c1-9(10(2)13(14)16-4)11-5-7-12(15-3)8-6-11/h5-8H,1-4H3/b10-9+. The summed E-state index contributed by atoms with van der Waals surface area (Å²) >= 11 is 0. The van der Waals surface area contributed by atoms with Gasteiger partial charge in [0.15, 0.2) is 0 Å². The molecule has 86 valence electrons. The monoisotopic (exact) mass is 220 g/mol. The molecule has 0 radical (unpaired) electrons. The van der Waals surface area contributed by atoms with Crippen molar-refractivity contribution in [3.8, 4) is 5.75 Å². The van der Waals surface area contributed by atoms with Crippen LogP contribution in [-0.2, 0) is 9.53 Å². The average Bonchev–Trinajstić information content (AvgIpc) is 2.36. The molecule has 0 amide bonds. The first-order valence-corrected chi connectivity index (χ1v) is 5.00. The first kappa shape index (κ1) is 12.3. The lowest BCUT2D eigenvalue weighted by Crippen LogP contribution is -2.03. The van der Waals surface area contributed by atoms with Gasteiger partial charge in [-0.15, -0.1) is 0 Å². The number of methoxy groups -OCH3 is 2. The number of hydrogen-bond donors (Lipinski definition) is 0. The molecule has 0 aliphatic carbocycles. The number of hydrogen-bond acceptors (Lipinski definition) is 3. The van der Waals surface area contributed by atoms with E-state index in [1.807, 2.05) is 31.2 Å². The third kappa shape index (κ3) is 2.63. The zero-order valence-corrected chi connectivity index (χ0v) is 10.0. The number of benzene rings is 1. The van der Waals surface area contributed by atoms with Crippen LogP contribution >= 0.6 is 0 Å². The predicted octanol–water partition coefficient (Wildman–Crippen LogP) is 2.66. The molecule has 0 N–H and O–H groups in total. The van der Waals surface area contributed by atoms with Crippen molar-refractivity contribution in [3.63, 3.8) is 0 Å². The fourth-order valence-electron chi connectivity index (χ4n) is 1.36. The Kier molecular flexibility index (Phi) is 4.11. The van der Waals surface area contributed by atoms with Crippen LogP contribution in [0, 0.1) is 0 Å². The second-order valence-electron chi connectivity index (χ2n) is 3.47. The molecule has 0 aliphatic rings. The molecular formula is C13H16O3. The second-order valence-corrected chi connectivity index (χ2v) is 3.47. The quantitative estimate of drug-likeness (QED) is 0.580. The van der Waals surface area contributed by atoms with Gasteiger partial charge in [-0.2, -0.15) is 0 Å². The topological polar surface area (TPSA) is 35.5 Å². The summed E-state index contributed by atoms with van der Waals surface area (Å²) in [7, 11) is 3.00. The molecule has 0 saturated heterocycles. The summed E-state index contributed by atoms with van der Waals surface area (Å²) in [6.45, 7) is 3.65. The normalized spacial score (nSPS) is 11.8. The Morgan fingerprint density at radius 2 is 1.62 bits per heavy atom. The SMILES string of the molecule is COC(=O)/C(C)=C(\C)c1ccc(OC)cc1. The van der Waals surface area contributed by atoms with Crippen molar-refractivity contribution in [2.24, 2.45) is 0 Å². The summed E-state index contributed by atoms with van der Waals surface area (Å²) in [4.78, 5) is 11.3. The third-order valence-electron chi connectivity index (χ3n) is 2.58. The van der Waals surface area contributed by atoms with Crippen molar-refractivity contribution in [1.29, 1.82) is 0 Å². The number of ether oxygens (including phenoxy) is 2. The molecule has 1 aromatic rings. The highest BCUT2D eigenvalue weighted by molar-refractivity contribution is 5.96. The van der Waals surface area contributed by atoms with Crippen LogP contribution in [0.15, 0.2) is 29.8 Å². The Labute approximate surface area is 95.7 Å². The third-order valence-corrected chi connectivity index (χ3v) is 2.58. The van der Waals surface area contributed by atoms with Crippen molar-refractivity contribution in [1.82, 2.24) is 0 Å². The summed E-state index contributed by atoms with van der Waals surface area (Å²) < 4.78 is 9.75. The predicted molar refractivity (Wildman–Crippen MR) is 63.3 cm³/mol. The Morgan fingerprint density at radius 3 is 2.06 bits per heavy atom. The van der Waals surface area contributed by atoms with Crippen LogP contribution in [-0.4, -0.2) is 20.2 Å². The Balaban J connectivity index is 3.03.